The van der Waals surface area contributed by atoms with Gasteiger partial charge in [0, 0.05) is 11.5 Å². The van der Waals surface area contributed by atoms with E-state index in [1.165, 1.54) is 13.8 Å². The van der Waals surface area contributed by atoms with Crippen LogP contribution in [-0.4, -0.2) is 79.0 Å². The van der Waals surface area contributed by atoms with Crippen molar-refractivity contribution in [2.75, 3.05) is 13.7 Å². The second-order valence-corrected chi connectivity index (χ2v) is 12.2. The number of rotatable bonds is 8. The molecule has 4 rings (SSSR count). The number of aromatic nitrogens is 2. The van der Waals surface area contributed by atoms with E-state index >= 15 is 0 Å². The molecule has 0 aromatic carbocycles. The molecule has 0 radical (unpaired) electrons. The number of fused-ring (bicyclic) bond motifs is 1. The minimum absolute atomic E-state index is 0.110. The van der Waals surface area contributed by atoms with Gasteiger partial charge in [0.25, 0.3) is 6.43 Å². The normalized spacial score (nSPS) is 32.7. The van der Waals surface area contributed by atoms with Gasteiger partial charge in [-0.3, -0.25) is 4.90 Å². The standard InChI is InChI=1S/C22H31F3N4O5S/c1-12(2)35(31,32)28-16-7-17(19(24)25)29(21(30)33-3)18(16)11-34-15-4-5-22(8-13(22)6-15)20-26-9-14(23)10-27-20/h9-10,12-13,15-19,28H,4-8,11H2,1-3H3/t13?,15?,16-,17-,18-,22?/m0/s1. The summed E-state index contributed by atoms with van der Waals surface area (Å²) in [6.07, 6.45) is 1.01. The van der Waals surface area contributed by atoms with Crippen LogP contribution in [0.2, 0.25) is 0 Å². The number of hydrogen-bond donors (Lipinski definition) is 1. The van der Waals surface area contributed by atoms with Crippen LogP contribution in [0.1, 0.15) is 51.8 Å². The maximum absolute atomic E-state index is 13.8. The summed E-state index contributed by atoms with van der Waals surface area (Å²) in [5.74, 6) is 0.393. The first kappa shape index (κ1) is 26.1. The van der Waals surface area contributed by atoms with Crippen LogP contribution >= 0.6 is 0 Å². The topological polar surface area (TPSA) is 111 Å². The Kier molecular flexibility index (Phi) is 7.31. The van der Waals surface area contributed by atoms with Gasteiger partial charge < -0.3 is 9.47 Å². The van der Waals surface area contributed by atoms with Crippen molar-refractivity contribution in [1.29, 1.82) is 0 Å². The van der Waals surface area contributed by atoms with Gasteiger partial charge in [-0.1, -0.05) is 0 Å². The lowest BCUT2D eigenvalue weighted by molar-refractivity contribution is -0.0239. The Labute approximate surface area is 202 Å². The van der Waals surface area contributed by atoms with Gasteiger partial charge in [0.05, 0.1) is 49.5 Å². The molecule has 6 atom stereocenters. The Bertz CT molecular complexity index is 1030. The molecule has 2 aliphatic carbocycles. The van der Waals surface area contributed by atoms with Gasteiger partial charge >= 0.3 is 6.09 Å². The van der Waals surface area contributed by atoms with Crippen LogP contribution in [0.5, 0.6) is 0 Å². The molecule has 1 N–H and O–H groups in total. The summed E-state index contributed by atoms with van der Waals surface area (Å²) in [5.41, 5.74) is -0.185. The first-order chi connectivity index (χ1) is 16.5. The van der Waals surface area contributed by atoms with Crippen molar-refractivity contribution in [2.24, 2.45) is 5.92 Å². The number of hydrogen-bond acceptors (Lipinski definition) is 7. The number of ether oxygens (including phenoxy) is 2. The molecule has 0 bridgehead atoms. The van der Waals surface area contributed by atoms with Crippen molar-refractivity contribution in [2.45, 2.75) is 87.3 Å². The molecule has 196 valence electrons. The van der Waals surface area contributed by atoms with Crippen molar-refractivity contribution >= 4 is 16.1 Å². The molecule has 1 aliphatic heterocycles. The largest absolute Gasteiger partial charge is 0.453 e. The molecule has 0 spiro atoms. The van der Waals surface area contributed by atoms with Gasteiger partial charge in [0.15, 0.2) is 5.82 Å². The number of carbonyl (C=O) groups excluding carboxylic acids is 1. The van der Waals surface area contributed by atoms with E-state index in [0.717, 1.165) is 37.2 Å². The van der Waals surface area contributed by atoms with E-state index in [1.807, 2.05) is 0 Å². The Hall–Kier alpha value is -1.99. The van der Waals surface area contributed by atoms with Crippen LogP contribution in [0.4, 0.5) is 18.0 Å². The molecule has 3 fully saturated rings. The summed E-state index contributed by atoms with van der Waals surface area (Å²) in [6.45, 7) is 2.86. The molecule has 35 heavy (non-hydrogen) atoms. The number of amides is 1. The fraction of sp³-hybridized carbons (Fsp3) is 0.773. The number of sulfonamides is 1. The Balaban J connectivity index is 1.45. The predicted molar refractivity (Wildman–Crippen MR) is 119 cm³/mol. The van der Waals surface area contributed by atoms with Crippen molar-refractivity contribution < 1.29 is 35.9 Å². The van der Waals surface area contributed by atoms with Gasteiger partial charge in [0.2, 0.25) is 10.0 Å². The lowest BCUT2D eigenvalue weighted by atomic mass is 9.86. The summed E-state index contributed by atoms with van der Waals surface area (Å²) in [5, 5.41) is -0.767. The molecule has 1 saturated heterocycles. The van der Waals surface area contributed by atoms with Crippen molar-refractivity contribution in [3.05, 3.63) is 24.0 Å². The van der Waals surface area contributed by atoms with Crippen LogP contribution in [0, 0.1) is 11.7 Å². The van der Waals surface area contributed by atoms with Gasteiger partial charge in [-0.2, -0.15) is 0 Å². The number of methoxy groups -OCH3 is 1. The predicted octanol–water partition coefficient (Wildman–Crippen LogP) is 2.61. The summed E-state index contributed by atoms with van der Waals surface area (Å²) < 4.78 is 79.1. The van der Waals surface area contributed by atoms with E-state index in [2.05, 4.69) is 14.7 Å². The molecule has 1 aromatic heterocycles. The summed E-state index contributed by atoms with van der Waals surface area (Å²) >= 11 is 0. The average molecular weight is 521 g/mol. The zero-order valence-corrected chi connectivity index (χ0v) is 20.7. The second-order valence-electron chi connectivity index (χ2n) is 9.91. The van der Waals surface area contributed by atoms with Crippen molar-refractivity contribution in [1.82, 2.24) is 19.6 Å². The number of halogens is 3. The molecular formula is C22H31F3N4O5S. The van der Waals surface area contributed by atoms with E-state index in [4.69, 9.17) is 9.47 Å². The SMILES string of the molecule is COC(=O)N1[C@H](C(F)F)C[C@H](NS(=O)(=O)C(C)C)[C@@H]1COC1CCC2(c3ncc(F)cn3)CC2C1. The third-order valence-electron chi connectivity index (χ3n) is 7.55. The van der Waals surface area contributed by atoms with Gasteiger partial charge in [-0.25, -0.2) is 41.1 Å². The molecule has 13 heteroatoms. The van der Waals surface area contributed by atoms with Gasteiger partial charge in [-0.05, 0) is 51.9 Å². The number of nitrogens with one attached hydrogen (secondary N) is 1. The number of alkyl halides is 2. The van der Waals surface area contributed by atoms with Crippen molar-refractivity contribution in [3.63, 3.8) is 0 Å². The van der Waals surface area contributed by atoms with E-state index < -0.39 is 51.7 Å². The molecule has 3 aliphatic rings. The molecule has 1 amide bonds. The zero-order valence-electron chi connectivity index (χ0n) is 19.9. The maximum Gasteiger partial charge on any atom is 0.410 e. The lowest BCUT2D eigenvalue weighted by Crippen LogP contribution is -2.52. The highest BCUT2D eigenvalue weighted by Gasteiger charge is 2.60. The van der Waals surface area contributed by atoms with Gasteiger partial charge in [0.1, 0.15) is 5.82 Å². The fourth-order valence-electron chi connectivity index (χ4n) is 5.43. The van der Waals surface area contributed by atoms with Crippen LogP contribution in [0.15, 0.2) is 12.4 Å². The molecule has 2 heterocycles. The second kappa shape index (κ2) is 9.81. The number of carbonyl (C=O) groups is 1. The Morgan fingerprint density at radius 1 is 1.29 bits per heavy atom. The number of likely N-dealkylation sites (tertiary alicyclic amines) is 1. The average Bonchev–Trinajstić information content (AvgIpc) is 3.44. The summed E-state index contributed by atoms with van der Waals surface area (Å²) in [6, 6.07) is -3.37. The third kappa shape index (κ3) is 5.12. The molecular weight excluding hydrogens is 489 g/mol. The molecule has 2 saturated carbocycles. The lowest BCUT2D eigenvalue weighted by Gasteiger charge is -2.33. The fourth-order valence-corrected chi connectivity index (χ4v) is 6.38. The quantitative estimate of drug-likeness (QED) is 0.561. The Morgan fingerprint density at radius 3 is 2.54 bits per heavy atom. The summed E-state index contributed by atoms with van der Waals surface area (Å²) in [4.78, 5) is 21.6. The highest BCUT2D eigenvalue weighted by atomic mass is 32.2. The molecule has 9 nitrogen and oxygen atoms in total. The smallest absolute Gasteiger partial charge is 0.410 e. The molecule has 1 aromatic rings. The highest BCUT2D eigenvalue weighted by molar-refractivity contribution is 7.90. The van der Waals surface area contributed by atoms with Crippen LogP contribution in [-0.2, 0) is 24.9 Å². The zero-order chi connectivity index (χ0) is 25.5. The van der Waals surface area contributed by atoms with Crippen molar-refractivity contribution in [3.8, 4) is 0 Å². The van der Waals surface area contributed by atoms with E-state index in [9.17, 15) is 26.4 Å². The van der Waals surface area contributed by atoms with Crippen LogP contribution in [0.25, 0.3) is 0 Å². The van der Waals surface area contributed by atoms with E-state index in [1.54, 1.807) is 0 Å². The van der Waals surface area contributed by atoms with Crippen LogP contribution in [0.3, 0.4) is 0 Å². The maximum atomic E-state index is 13.8. The first-order valence-corrected chi connectivity index (χ1v) is 13.3. The van der Waals surface area contributed by atoms with E-state index in [0.29, 0.717) is 18.7 Å². The minimum atomic E-state index is -3.78. The number of nitrogens with zero attached hydrogens (tertiary/aromatic N) is 3. The molecule has 3 unspecified atom stereocenters. The van der Waals surface area contributed by atoms with E-state index in [-0.39, 0.29) is 30.5 Å². The van der Waals surface area contributed by atoms with Crippen LogP contribution < -0.4 is 4.72 Å². The first-order valence-electron chi connectivity index (χ1n) is 11.7. The highest BCUT2D eigenvalue weighted by Crippen LogP contribution is 2.61. The van der Waals surface area contributed by atoms with Gasteiger partial charge in [-0.15, -0.1) is 0 Å². The third-order valence-corrected chi connectivity index (χ3v) is 9.42. The Morgan fingerprint density at radius 2 is 1.97 bits per heavy atom. The monoisotopic (exact) mass is 520 g/mol. The summed E-state index contributed by atoms with van der Waals surface area (Å²) in [7, 11) is -2.68. The minimum Gasteiger partial charge on any atom is -0.453 e.